The van der Waals surface area contributed by atoms with E-state index in [-0.39, 0.29) is 23.3 Å². The monoisotopic (exact) mass is 242 g/mol. The van der Waals surface area contributed by atoms with Crippen molar-refractivity contribution >= 4 is 23.4 Å². The van der Waals surface area contributed by atoms with Crippen molar-refractivity contribution in [1.82, 2.24) is 20.6 Å². The molecule has 6 nitrogen and oxygen atoms in total. The molecule has 86 valence electrons. The minimum absolute atomic E-state index is 0.0863. The van der Waals surface area contributed by atoms with E-state index in [1.165, 1.54) is 12.4 Å². The number of nitrogens with zero attached hydrogens (tertiary/aromatic N) is 2. The molecule has 0 unspecified atom stereocenters. The number of rotatable bonds is 4. The molecule has 0 bridgehead atoms. The molecule has 2 amide bonds. The van der Waals surface area contributed by atoms with E-state index in [0.717, 1.165) is 0 Å². The molecule has 0 aliphatic rings. The molecule has 0 radical (unpaired) electrons. The van der Waals surface area contributed by atoms with Gasteiger partial charge in [0.15, 0.2) is 0 Å². The van der Waals surface area contributed by atoms with Crippen LogP contribution in [0.1, 0.15) is 17.4 Å². The summed E-state index contributed by atoms with van der Waals surface area (Å²) in [6.07, 6.45) is 2.51. The largest absolute Gasteiger partial charge is 0.355 e. The Bertz CT molecular complexity index is 380. The molecule has 1 aromatic heterocycles. The SMILES string of the molecule is CCNC(=O)CNC(=O)c1cnc(Cl)cn1. The van der Waals surface area contributed by atoms with Gasteiger partial charge in [-0.2, -0.15) is 0 Å². The summed E-state index contributed by atoms with van der Waals surface area (Å²) >= 11 is 5.52. The van der Waals surface area contributed by atoms with E-state index < -0.39 is 5.91 Å². The summed E-state index contributed by atoms with van der Waals surface area (Å²) in [5.74, 6) is -0.715. The Morgan fingerprint density at radius 3 is 2.62 bits per heavy atom. The summed E-state index contributed by atoms with van der Waals surface area (Å²) in [6, 6.07) is 0. The molecule has 1 heterocycles. The van der Waals surface area contributed by atoms with Gasteiger partial charge in [0, 0.05) is 6.54 Å². The van der Waals surface area contributed by atoms with Crippen molar-refractivity contribution in [2.24, 2.45) is 0 Å². The highest BCUT2D eigenvalue weighted by molar-refractivity contribution is 6.29. The zero-order valence-electron chi connectivity index (χ0n) is 8.66. The smallest absolute Gasteiger partial charge is 0.271 e. The molecule has 0 atom stereocenters. The quantitative estimate of drug-likeness (QED) is 0.778. The van der Waals surface area contributed by atoms with Crippen molar-refractivity contribution in [3.05, 3.63) is 23.2 Å². The molecule has 0 fully saturated rings. The van der Waals surface area contributed by atoms with Crippen LogP contribution in [0, 0.1) is 0 Å². The lowest BCUT2D eigenvalue weighted by atomic mass is 10.4. The second kappa shape index (κ2) is 6.02. The predicted octanol–water partition coefficient (Wildman–Crippen LogP) is -0.00410. The minimum Gasteiger partial charge on any atom is -0.355 e. The number of nitrogens with one attached hydrogen (secondary N) is 2. The van der Waals surface area contributed by atoms with Crippen LogP contribution in [0.3, 0.4) is 0 Å². The van der Waals surface area contributed by atoms with Gasteiger partial charge in [-0.25, -0.2) is 9.97 Å². The third-order valence-corrected chi connectivity index (χ3v) is 1.83. The number of aromatic nitrogens is 2. The second-order valence-corrected chi connectivity index (χ2v) is 3.25. The van der Waals surface area contributed by atoms with E-state index >= 15 is 0 Å². The van der Waals surface area contributed by atoms with Crippen LogP contribution < -0.4 is 10.6 Å². The van der Waals surface area contributed by atoms with Gasteiger partial charge in [0.05, 0.1) is 18.9 Å². The van der Waals surface area contributed by atoms with Gasteiger partial charge < -0.3 is 10.6 Å². The Labute approximate surface area is 97.4 Å². The zero-order valence-corrected chi connectivity index (χ0v) is 9.41. The average Bonchev–Trinajstić information content (AvgIpc) is 2.27. The van der Waals surface area contributed by atoms with Gasteiger partial charge in [-0.3, -0.25) is 9.59 Å². The van der Waals surface area contributed by atoms with Crippen molar-refractivity contribution < 1.29 is 9.59 Å². The number of carbonyl (C=O) groups excluding carboxylic acids is 2. The molecule has 0 saturated heterocycles. The van der Waals surface area contributed by atoms with Crippen LogP contribution in [0.15, 0.2) is 12.4 Å². The zero-order chi connectivity index (χ0) is 12.0. The molecule has 0 aromatic carbocycles. The Morgan fingerprint density at radius 1 is 1.31 bits per heavy atom. The summed E-state index contributed by atoms with van der Waals surface area (Å²) < 4.78 is 0. The van der Waals surface area contributed by atoms with Crippen LogP contribution in [0.4, 0.5) is 0 Å². The first-order valence-electron chi connectivity index (χ1n) is 4.66. The lowest BCUT2D eigenvalue weighted by Crippen LogP contribution is -2.37. The summed E-state index contributed by atoms with van der Waals surface area (Å²) in [5, 5.41) is 5.17. The fraction of sp³-hybridized carbons (Fsp3) is 0.333. The van der Waals surface area contributed by atoms with Crippen molar-refractivity contribution in [2.45, 2.75) is 6.92 Å². The maximum absolute atomic E-state index is 11.4. The summed E-state index contributed by atoms with van der Waals surface area (Å²) in [7, 11) is 0. The summed E-state index contributed by atoms with van der Waals surface area (Å²) in [4.78, 5) is 29.9. The molecular formula is C9H11ClN4O2. The first kappa shape index (κ1) is 12.4. The molecular weight excluding hydrogens is 232 g/mol. The fourth-order valence-corrected chi connectivity index (χ4v) is 1.04. The van der Waals surface area contributed by atoms with Crippen LogP contribution in [-0.2, 0) is 4.79 Å². The first-order chi connectivity index (χ1) is 7.63. The molecule has 0 saturated carbocycles. The van der Waals surface area contributed by atoms with Gasteiger partial charge in [-0.15, -0.1) is 0 Å². The van der Waals surface area contributed by atoms with Gasteiger partial charge in [-0.1, -0.05) is 11.6 Å². The molecule has 0 spiro atoms. The minimum atomic E-state index is -0.463. The standard InChI is InChI=1S/C9H11ClN4O2/c1-2-11-8(15)5-14-9(16)6-3-13-7(10)4-12-6/h3-4H,2,5H2,1H3,(H,11,15)(H,14,16). The van der Waals surface area contributed by atoms with Crippen LogP contribution >= 0.6 is 11.6 Å². The van der Waals surface area contributed by atoms with Gasteiger partial charge in [-0.05, 0) is 6.92 Å². The summed E-state index contributed by atoms with van der Waals surface area (Å²) in [5.41, 5.74) is 0.119. The highest BCUT2D eigenvalue weighted by Crippen LogP contribution is 2.00. The van der Waals surface area contributed by atoms with Crippen LogP contribution in [0.2, 0.25) is 5.15 Å². The van der Waals surface area contributed by atoms with E-state index in [9.17, 15) is 9.59 Å². The Hall–Kier alpha value is -1.69. The molecule has 2 N–H and O–H groups in total. The van der Waals surface area contributed by atoms with Crippen molar-refractivity contribution in [3.63, 3.8) is 0 Å². The third kappa shape index (κ3) is 3.82. The van der Waals surface area contributed by atoms with E-state index in [4.69, 9.17) is 11.6 Å². The maximum Gasteiger partial charge on any atom is 0.271 e. The molecule has 7 heteroatoms. The topological polar surface area (TPSA) is 84.0 Å². The lowest BCUT2D eigenvalue weighted by molar-refractivity contribution is -0.120. The van der Waals surface area contributed by atoms with Crippen LogP contribution in [0.25, 0.3) is 0 Å². The van der Waals surface area contributed by atoms with Gasteiger partial charge >= 0.3 is 0 Å². The number of amides is 2. The number of halogens is 1. The molecule has 0 aliphatic heterocycles. The van der Waals surface area contributed by atoms with Gasteiger partial charge in [0.2, 0.25) is 5.91 Å². The number of likely N-dealkylation sites (N-methyl/N-ethyl adjacent to an activating group) is 1. The number of carbonyl (C=O) groups is 2. The molecule has 1 rings (SSSR count). The predicted molar refractivity (Wildman–Crippen MR) is 58.1 cm³/mol. The Morgan fingerprint density at radius 2 is 2.06 bits per heavy atom. The highest BCUT2D eigenvalue weighted by Gasteiger charge is 2.08. The van der Waals surface area contributed by atoms with Gasteiger partial charge in [0.25, 0.3) is 5.91 Å². The van der Waals surface area contributed by atoms with Crippen molar-refractivity contribution in [1.29, 1.82) is 0 Å². The van der Waals surface area contributed by atoms with E-state index in [2.05, 4.69) is 20.6 Å². The van der Waals surface area contributed by atoms with E-state index in [1.807, 2.05) is 0 Å². The lowest BCUT2D eigenvalue weighted by Gasteiger charge is -2.04. The third-order valence-electron chi connectivity index (χ3n) is 1.64. The van der Waals surface area contributed by atoms with Crippen LogP contribution in [-0.4, -0.2) is 34.9 Å². The number of hydrogen-bond donors (Lipinski definition) is 2. The van der Waals surface area contributed by atoms with Crippen molar-refractivity contribution in [2.75, 3.05) is 13.1 Å². The fourth-order valence-electron chi connectivity index (χ4n) is 0.940. The summed E-state index contributed by atoms with van der Waals surface area (Å²) in [6.45, 7) is 2.23. The Kier molecular flexibility index (Phi) is 4.65. The average molecular weight is 243 g/mol. The highest BCUT2D eigenvalue weighted by atomic mass is 35.5. The van der Waals surface area contributed by atoms with Gasteiger partial charge in [0.1, 0.15) is 10.8 Å². The number of hydrogen-bond acceptors (Lipinski definition) is 4. The maximum atomic E-state index is 11.4. The molecule has 0 aliphatic carbocycles. The van der Waals surface area contributed by atoms with Crippen molar-refractivity contribution in [3.8, 4) is 0 Å². The Balaban J connectivity index is 2.47. The molecule has 16 heavy (non-hydrogen) atoms. The first-order valence-corrected chi connectivity index (χ1v) is 5.03. The van der Waals surface area contributed by atoms with E-state index in [0.29, 0.717) is 6.54 Å². The second-order valence-electron chi connectivity index (χ2n) is 2.86. The van der Waals surface area contributed by atoms with Crippen LogP contribution in [0.5, 0.6) is 0 Å². The molecule has 1 aromatic rings. The normalized spacial score (nSPS) is 9.62. The van der Waals surface area contributed by atoms with E-state index in [1.54, 1.807) is 6.92 Å².